The van der Waals surface area contributed by atoms with Crippen molar-refractivity contribution in [2.75, 3.05) is 14.2 Å². The Kier molecular flexibility index (Phi) is 3.25. The molecule has 0 spiro atoms. The van der Waals surface area contributed by atoms with Gasteiger partial charge in [-0.05, 0) is 36.4 Å². The number of H-pyrrole nitrogens is 1. The normalized spacial score (nSPS) is 10.3. The molecule has 3 aromatic rings. The number of nitriles is 1. The fourth-order valence-electron chi connectivity index (χ4n) is 2.32. The first-order valence-electron chi connectivity index (χ1n) is 6.50. The van der Waals surface area contributed by atoms with Crippen molar-refractivity contribution in [2.45, 2.75) is 0 Å². The van der Waals surface area contributed by atoms with Crippen molar-refractivity contribution >= 4 is 10.9 Å². The minimum Gasteiger partial charge on any atom is -0.497 e. The van der Waals surface area contributed by atoms with Crippen LogP contribution in [0.3, 0.4) is 0 Å². The molecule has 0 aliphatic carbocycles. The average molecular weight is 278 g/mol. The lowest BCUT2D eigenvalue weighted by Gasteiger charge is -2.07. The second-order valence-electron chi connectivity index (χ2n) is 4.70. The minimum absolute atomic E-state index is 0.649. The van der Waals surface area contributed by atoms with Gasteiger partial charge in [0.2, 0.25) is 0 Å². The first kappa shape index (κ1) is 13.1. The molecule has 4 nitrogen and oxygen atoms in total. The second kappa shape index (κ2) is 5.22. The fourth-order valence-corrected chi connectivity index (χ4v) is 2.32. The maximum absolute atomic E-state index is 8.96. The molecule has 0 saturated heterocycles. The summed E-state index contributed by atoms with van der Waals surface area (Å²) in [5.41, 5.74) is 3.57. The highest BCUT2D eigenvalue weighted by atomic mass is 16.5. The van der Waals surface area contributed by atoms with Crippen LogP contribution < -0.4 is 9.47 Å². The molecule has 104 valence electrons. The predicted octanol–water partition coefficient (Wildman–Crippen LogP) is 3.72. The van der Waals surface area contributed by atoms with Crippen molar-refractivity contribution in [1.82, 2.24) is 4.98 Å². The Morgan fingerprint density at radius 2 is 1.67 bits per heavy atom. The van der Waals surface area contributed by atoms with Crippen LogP contribution in [0, 0.1) is 11.3 Å². The average Bonchev–Trinajstić information content (AvgIpc) is 2.97. The summed E-state index contributed by atoms with van der Waals surface area (Å²) < 4.78 is 10.6. The third kappa shape index (κ3) is 2.41. The molecule has 0 radical (unpaired) electrons. The summed E-state index contributed by atoms with van der Waals surface area (Å²) in [6.07, 6.45) is 0. The number of hydrogen-bond acceptors (Lipinski definition) is 3. The van der Waals surface area contributed by atoms with E-state index >= 15 is 0 Å². The maximum atomic E-state index is 8.96. The van der Waals surface area contributed by atoms with E-state index in [2.05, 4.69) is 11.1 Å². The number of benzene rings is 2. The number of rotatable bonds is 3. The molecule has 0 amide bonds. The van der Waals surface area contributed by atoms with Crippen LogP contribution in [0.2, 0.25) is 0 Å². The predicted molar refractivity (Wildman–Crippen MR) is 81.6 cm³/mol. The molecule has 0 aliphatic rings. The molecule has 0 fully saturated rings. The molecule has 1 heterocycles. The highest BCUT2D eigenvalue weighted by molar-refractivity contribution is 5.87. The van der Waals surface area contributed by atoms with E-state index < -0.39 is 0 Å². The molecule has 2 aromatic carbocycles. The number of fused-ring (bicyclic) bond motifs is 1. The van der Waals surface area contributed by atoms with Gasteiger partial charge in [0, 0.05) is 28.2 Å². The first-order chi connectivity index (χ1) is 10.2. The summed E-state index contributed by atoms with van der Waals surface area (Å²) in [5, 5.41) is 9.97. The summed E-state index contributed by atoms with van der Waals surface area (Å²) in [4.78, 5) is 3.35. The minimum atomic E-state index is 0.649. The maximum Gasteiger partial charge on any atom is 0.123 e. The smallest absolute Gasteiger partial charge is 0.123 e. The molecule has 0 bridgehead atoms. The third-order valence-corrected chi connectivity index (χ3v) is 3.41. The molecule has 1 aromatic heterocycles. The lowest BCUT2D eigenvalue weighted by molar-refractivity contribution is 0.394. The zero-order chi connectivity index (χ0) is 14.8. The topological polar surface area (TPSA) is 58.0 Å². The van der Waals surface area contributed by atoms with Gasteiger partial charge < -0.3 is 14.5 Å². The van der Waals surface area contributed by atoms with Crippen molar-refractivity contribution in [2.24, 2.45) is 0 Å². The summed E-state index contributed by atoms with van der Waals surface area (Å²) >= 11 is 0. The van der Waals surface area contributed by atoms with Gasteiger partial charge in [-0.15, -0.1) is 0 Å². The van der Waals surface area contributed by atoms with E-state index in [1.165, 1.54) is 0 Å². The van der Waals surface area contributed by atoms with Gasteiger partial charge in [-0.2, -0.15) is 5.26 Å². The van der Waals surface area contributed by atoms with Crippen molar-refractivity contribution in [3.05, 3.63) is 48.0 Å². The summed E-state index contributed by atoms with van der Waals surface area (Å²) in [7, 11) is 3.26. The summed E-state index contributed by atoms with van der Waals surface area (Å²) in [6.45, 7) is 0. The summed E-state index contributed by atoms with van der Waals surface area (Å²) in [6, 6.07) is 15.5. The first-order valence-corrected chi connectivity index (χ1v) is 6.50. The molecule has 1 N–H and O–H groups in total. The van der Waals surface area contributed by atoms with Gasteiger partial charge in [0.15, 0.2) is 0 Å². The zero-order valence-electron chi connectivity index (χ0n) is 11.8. The van der Waals surface area contributed by atoms with Crippen LogP contribution in [-0.2, 0) is 0 Å². The van der Waals surface area contributed by atoms with E-state index in [4.69, 9.17) is 14.7 Å². The van der Waals surface area contributed by atoms with Crippen molar-refractivity contribution in [3.63, 3.8) is 0 Å². The molecule has 21 heavy (non-hydrogen) atoms. The van der Waals surface area contributed by atoms with Crippen LogP contribution in [0.1, 0.15) is 5.56 Å². The fraction of sp³-hybridized carbons (Fsp3) is 0.118. The van der Waals surface area contributed by atoms with Gasteiger partial charge in [0.1, 0.15) is 11.5 Å². The Balaban J connectivity index is 2.13. The second-order valence-corrected chi connectivity index (χ2v) is 4.70. The number of ether oxygens (including phenoxy) is 2. The van der Waals surface area contributed by atoms with E-state index in [1.807, 2.05) is 36.4 Å². The molecule has 0 atom stereocenters. The molecule has 0 aliphatic heterocycles. The standard InChI is InChI=1S/C17H14N2O2/c1-20-14-6-13(7-15(9-14)21-2)17-8-12-5-11(10-18)3-4-16(12)19-17/h3-9,19H,1-2H3. The summed E-state index contributed by atoms with van der Waals surface area (Å²) in [5.74, 6) is 1.47. The van der Waals surface area contributed by atoms with Crippen LogP contribution in [-0.4, -0.2) is 19.2 Å². The number of nitrogens with zero attached hydrogens (tertiary/aromatic N) is 1. The van der Waals surface area contributed by atoms with Crippen LogP contribution in [0.25, 0.3) is 22.2 Å². The number of aromatic amines is 1. The van der Waals surface area contributed by atoms with Crippen LogP contribution in [0.4, 0.5) is 0 Å². The molecule has 3 rings (SSSR count). The van der Waals surface area contributed by atoms with Crippen LogP contribution in [0.5, 0.6) is 11.5 Å². The largest absolute Gasteiger partial charge is 0.497 e. The van der Waals surface area contributed by atoms with Crippen LogP contribution in [0.15, 0.2) is 42.5 Å². The van der Waals surface area contributed by atoms with Gasteiger partial charge >= 0.3 is 0 Å². The van der Waals surface area contributed by atoms with Gasteiger partial charge in [0.05, 0.1) is 25.9 Å². The molecule has 4 heteroatoms. The lowest BCUT2D eigenvalue weighted by Crippen LogP contribution is -1.88. The Labute approximate surface area is 122 Å². The zero-order valence-corrected chi connectivity index (χ0v) is 11.8. The number of methoxy groups -OCH3 is 2. The molecule has 0 unspecified atom stereocenters. The lowest BCUT2D eigenvalue weighted by atomic mass is 10.1. The SMILES string of the molecule is COc1cc(OC)cc(-c2cc3cc(C#N)ccc3[nH]2)c1. The highest BCUT2D eigenvalue weighted by Crippen LogP contribution is 2.31. The number of hydrogen-bond donors (Lipinski definition) is 1. The van der Waals surface area contributed by atoms with Crippen molar-refractivity contribution in [3.8, 4) is 28.8 Å². The van der Waals surface area contributed by atoms with E-state index in [0.29, 0.717) is 5.56 Å². The van der Waals surface area contributed by atoms with Gasteiger partial charge in [-0.1, -0.05) is 0 Å². The Morgan fingerprint density at radius 1 is 0.952 bits per heavy atom. The van der Waals surface area contributed by atoms with E-state index in [9.17, 15) is 0 Å². The van der Waals surface area contributed by atoms with E-state index in [0.717, 1.165) is 33.7 Å². The molecular formula is C17H14N2O2. The Morgan fingerprint density at radius 3 is 2.29 bits per heavy atom. The van der Waals surface area contributed by atoms with Gasteiger partial charge in [0.25, 0.3) is 0 Å². The Hall–Kier alpha value is -2.93. The van der Waals surface area contributed by atoms with E-state index in [1.54, 1.807) is 20.3 Å². The van der Waals surface area contributed by atoms with Gasteiger partial charge in [-0.25, -0.2) is 0 Å². The molecular weight excluding hydrogens is 264 g/mol. The number of nitrogens with one attached hydrogen (secondary N) is 1. The van der Waals surface area contributed by atoms with Gasteiger partial charge in [-0.3, -0.25) is 0 Å². The van der Waals surface area contributed by atoms with Crippen molar-refractivity contribution in [1.29, 1.82) is 5.26 Å². The van der Waals surface area contributed by atoms with Crippen LogP contribution >= 0.6 is 0 Å². The quantitative estimate of drug-likeness (QED) is 0.794. The highest BCUT2D eigenvalue weighted by Gasteiger charge is 2.08. The Bertz CT molecular complexity index is 821. The molecule has 0 saturated carbocycles. The van der Waals surface area contributed by atoms with E-state index in [-0.39, 0.29) is 0 Å². The third-order valence-electron chi connectivity index (χ3n) is 3.41. The van der Waals surface area contributed by atoms with Crippen molar-refractivity contribution < 1.29 is 9.47 Å². The monoisotopic (exact) mass is 278 g/mol. The number of aromatic nitrogens is 1.